The smallest absolute Gasteiger partial charge is 0.0485 e. The number of aromatic nitrogens is 1. The van der Waals surface area contributed by atoms with E-state index < -0.39 is 0 Å². The van der Waals surface area contributed by atoms with Gasteiger partial charge in [0.2, 0.25) is 0 Å². The number of hydrogen-bond acceptors (Lipinski definition) is 2. The number of rotatable bonds is 8. The van der Waals surface area contributed by atoms with Crippen LogP contribution in [0, 0.1) is 0 Å². The zero-order chi connectivity index (χ0) is 19.3. The van der Waals surface area contributed by atoms with Crippen molar-refractivity contribution in [1.29, 1.82) is 0 Å². The molecule has 2 heterocycles. The fourth-order valence-corrected chi connectivity index (χ4v) is 4.67. The molecule has 0 unspecified atom stereocenters. The molecule has 0 spiro atoms. The zero-order valence-corrected chi connectivity index (χ0v) is 17.4. The quantitative estimate of drug-likeness (QED) is 0.549. The van der Waals surface area contributed by atoms with Crippen molar-refractivity contribution in [2.45, 2.75) is 52.6 Å². The van der Waals surface area contributed by atoms with Crippen LogP contribution in [0.15, 0.2) is 48.5 Å². The maximum absolute atomic E-state index is 3.67. The van der Waals surface area contributed by atoms with Gasteiger partial charge in [0, 0.05) is 48.5 Å². The van der Waals surface area contributed by atoms with Crippen molar-refractivity contribution >= 4 is 16.6 Å². The van der Waals surface area contributed by atoms with Crippen LogP contribution in [0.4, 0.5) is 5.69 Å². The molecule has 2 aromatic carbocycles. The van der Waals surface area contributed by atoms with Crippen molar-refractivity contribution in [1.82, 2.24) is 9.88 Å². The average Bonchev–Trinajstić information content (AvgIpc) is 3.07. The van der Waals surface area contributed by atoms with Gasteiger partial charge in [-0.1, -0.05) is 30.3 Å². The lowest BCUT2D eigenvalue weighted by molar-refractivity contribution is 0.539. The van der Waals surface area contributed by atoms with Crippen LogP contribution in [-0.4, -0.2) is 24.2 Å². The number of nitrogens with one attached hydrogen (secondary N) is 1. The lowest BCUT2D eigenvalue weighted by Gasteiger charge is -2.21. The van der Waals surface area contributed by atoms with Crippen LogP contribution >= 0.6 is 0 Å². The summed E-state index contributed by atoms with van der Waals surface area (Å²) in [7, 11) is 0. The molecule has 3 aromatic rings. The number of aryl methyl sites for hydroxylation is 1. The molecule has 28 heavy (non-hydrogen) atoms. The molecule has 1 aliphatic heterocycles. The minimum Gasteiger partial charge on any atom is -0.372 e. The van der Waals surface area contributed by atoms with E-state index in [1.165, 1.54) is 48.0 Å². The number of para-hydroxylation sites is 1. The molecule has 1 N–H and O–H groups in total. The number of benzene rings is 2. The minimum absolute atomic E-state index is 0.937. The molecule has 1 aromatic heterocycles. The van der Waals surface area contributed by atoms with Gasteiger partial charge in [0.25, 0.3) is 0 Å². The predicted octanol–water partition coefficient (Wildman–Crippen LogP) is 5.16. The van der Waals surface area contributed by atoms with Crippen molar-refractivity contribution < 1.29 is 0 Å². The maximum Gasteiger partial charge on any atom is 0.0485 e. The summed E-state index contributed by atoms with van der Waals surface area (Å²) in [6, 6.07) is 18.0. The van der Waals surface area contributed by atoms with Gasteiger partial charge in [0.1, 0.15) is 0 Å². The predicted molar refractivity (Wildman–Crippen MR) is 120 cm³/mol. The van der Waals surface area contributed by atoms with E-state index in [1.807, 2.05) is 0 Å². The van der Waals surface area contributed by atoms with Crippen molar-refractivity contribution in [3.63, 3.8) is 0 Å². The number of anilines is 1. The average molecular weight is 376 g/mol. The summed E-state index contributed by atoms with van der Waals surface area (Å²) >= 11 is 0. The number of nitrogens with zero attached hydrogens (tertiary/aromatic N) is 2. The molecule has 3 heteroatoms. The summed E-state index contributed by atoms with van der Waals surface area (Å²) < 4.78 is 2.57. The molecular formula is C25H33N3. The zero-order valence-electron chi connectivity index (χ0n) is 17.4. The van der Waals surface area contributed by atoms with Gasteiger partial charge >= 0.3 is 0 Å². The van der Waals surface area contributed by atoms with Gasteiger partial charge in [-0.3, -0.25) is 0 Å². The summed E-state index contributed by atoms with van der Waals surface area (Å²) in [6.45, 7) is 9.69. The van der Waals surface area contributed by atoms with Gasteiger partial charge in [-0.2, -0.15) is 0 Å². The van der Waals surface area contributed by atoms with Gasteiger partial charge in [-0.05, 0) is 75.4 Å². The SMILES string of the molecule is CCN(CC)c1ccc(CNCCc2c3n(c4ccccc24)CCCC3)cc1. The monoisotopic (exact) mass is 375 g/mol. The highest BCUT2D eigenvalue weighted by molar-refractivity contribution is 5.85. The van der Waals surface area contributed by atoms with Crippen molar-refractivity contribution in [3.8, 4) is 0 Å². The first-order valence-corrected chi connectivity index (χ1v) is 11.0. The van der Waals surface area contributed by atoms with Gasteiger partial charge in [-0.25, -0.2) is 0 Å². The van der Waals surface area contributed by atoms with Crippen LogP contribution < -0.4 is 10.2 Å². The maximum atomic E-state index is 3.67. The minimum atomic E-state index is 0.937. The molecule has 0 atom stereocenters. The van der Waals surface area contributed by atoms with E-state index in [-0.39, 0.29) is 0 Å². The number of fused-ring (bicyclic) bond motifs is 3. The van der Waals surface area contributed by atoms with E-state index >= 15 is 0 Å². The fraction of sp³-hybridized carbons (Fsp3) is 0.440. The van der Waals surface area contributed by atoms with Gasteiger partial charge in [0.05, 0.1) is 0 Å². The van der Waals surface area contributed by atoms with E-state index in [0.717, 1.165) is 32.6 Å². The molecular weight excluding hydrogens is 342 g/mol. The van der Waals surface area contributed by atoms with E-state index in [2.05, 4.69) is 77.2 Å². The van der Waals surface area contributed by atoms with E-state index in [4.69, 9.17) is 0 Å². The summed E-state index contributed by atoms with van der Waals surface area (Å²) in [5, 5.41) is 5.13. The first kappa shape index (κ1) is 19.1. The molecule has 148 valence electrons. The summed E-state index contributed by atoms with van der Waals surface area (Å²) in [6.07, 6.45) is 4.99. The highest BCUT2D eigenvalue weighted by Crippen LogP contribution is 2.30. The second-order valence-corrected chi connectivity index (χ2v) is 7.82. The van der Waals surface area contributed by atoms with Gasteiger partial charge in [0.15, 0.2) is 0 Å². The van der Waals surface area contributed by atoms with E-state index in [0.29, 0.717) is 0 Å². The fourth-order valence-electron chi connectivity index (χ4n) is 4.67. The molecule has 3 nitrogen and oxygen atoms in total. The number of hydrogen-bond donors (Lipinski definition) is 1. The molecule has 0 amide bonds. The molecule has 0 saturated heterocycles. The van der Waals surface area contributed by atoms with E-state index in [9.17, 15) is 0 Å². The molecule has 0 bridgehead atoms. The lowest BCUT2D eigenvalue weighted by atomic mass is 10.0. The van der Waals surface area contributed by atoms with E-state index in [1.54, 1.807) is 11.3 Å². The standard InChI is InChI=1S/C25H33N3/c1-3-27(4-2)21-14-12-20(13-15-21)19-26-17-16-23-22-9-5-6-10-24(22)28-18-8-7-11-25(23)28/h5-6,9-10,12-15,26H,3-4,7-8,11,16-19H2,1-2H3. The van der Waals surface area contributed by atoms with Crippen molar-refractivity contribution in [3.05, 3.63) is 65.4 Å². The van der Waals surface area contributed by atoms with Crippen LogP contribution in [0.5, 0.6) is 0 Å². The van der Waals surface area contributed by atoms with Crippen LogP contribution in [0.2, 0.25) is 0 Å². The molecule has 4 rings (SSSR count). The Balaban J connectivity index is 1.38. The molecule has 1 aliphatic rings. The van der Waals surface area contributed by atoms with Gasteiger partial charge in [-0.15, -0.1) is 0 Å². The van der Waals surface area contributed by atoms with Crippen molar-refractivity contribution in [2.75, 3.05) is 24.5 Å². The van der Waals surface area contributed by atoms with Crippen LogP contribution in [0.3, 0.4) is 0 Å². The Hall–Kier alpha value is -2.26. The van der Waals surface area contributed by atoms with Crippen LogP contribution in [0.25, 0.3) is 10.9 Å². The molecule has 0 radical (unpaired) electrons. The highest BCUT2D eigenvalue weighted by Gasteiger charge is 2.18. The molecule has 0 fully saturated rings. The Bertz CT molecular complexity index is 903. The third-order valence-corrected chi connectivity index (χ3v) is 6.19. The second-order valence-electron chi connectivity index (χ2n) is 7.82. The summed E-state index contributed by atoms with van der Waals surface area (Å²) in [5.74, 6) is 0. The van der Waals surface area contributed by atoms with Crippen LogP contribution in [0.1, 0.15) is 43.5 Å². The Labute approximate surface area is 169 Å². The van der Waals surface area contributed by atoms with Crippen LogP contribution in [-0.2, 0) is 25.9 Å². The van der Waals surface area contributed by atoms with Crippen molar-refractivity contribution in [2.24, 2.45) is 0 Å². The first-order valence-electron chi connectivity index (χ1n) is 11.0. The lowest BCUT2D eigenvalue weighted by Crippen LogP contribution is -2.22. The Kier molecular flexibility index (Phi) is 6.01. The molecule has 0 aliphatic carbocycles. The summed E-state index contributed by atoms with van der Waals surface area (Å²) in [4.78, 5) is 2.39. The molecule has 0 saturated carbocycles. The normalized spacial score (nSPS) is 13.6. The van der Waals surface area contributed by atoms with Gasteiger partial charge < -0.3 is 14.8 Å². The highest BCUT2D eigenvalue weighted by atomic mass is 15.1. The summed E-state index contributed by atoms with van der Waals surface area (Å²) in [5.41, 5.74) is 7.26. The Morgan fingerprint density at radius 2 is 1.75 bits per heavy atom. The third kappa shape index (κ3) is 3.81. The topological polar surface area (TPSA) is 20.2 Å². The largest absolute Gasteiger partial charge is 0.372 e. The second kappa shape index (κ2) is 8.83. The first-order chi connectivity index (χ1) is 13.8. The third-order valence-electron chi connectivity index (χ3n) is 6.19. The Morgan fingerprint density at radius 1 is 0.964 bits per heavy atom. The Morgan fingerprint density at radius 3 is 2.54 bits per heavy atom.